The van der Waals surface area contributed by atoms with Gasteiger partial charge in [-0.15, -0.1) is 0 Å². The van der Waals surface area contributed by atoms with Crippen LogP contribution in [0.15, 0.2) is 30.4 Å². The molecule has 110 valence electrons. The second-order valence-corrected chi connectivity index (χ2v) is 4.56. The van der Waals surface area contributed by atoms with Crippen molar-refractivity contribution in [2.45, 2.75) is 6.92 Å². The number of aromatic nitrogens is 2. The highest BCUT2D eigenvalue weighted by atomic mass is 16.5. The van der Waals surface area contributed by atoms with E-state index >= 15 is 0 Å². The predicted molar refractivity (Wildman–Crippen MR) is 78.9 cm³/mol. The summed E-state index contributed by atoms with van der Waals surface area (Å²) in [6.45, 7) is 2.17. The summed E-state index contributed by atoms with van der Waals surface area (Å²) in [4.78, 5) is 27.3. The summed E-state index contributed by atoms with van der Waals surface area (Å²) in [7, 11) is 3.21. The number of nitrogens with zero attached hydrogens (tertiary/aromatic N) is 2. The summed E-state index contributed by atoms with van der Waals surface area (Å²) in [6, 6.07) is 5.35. The Bertz CT molecular complexity index is 716. The lowest BCUT2D eigenvalue weighted by Gasteiger charge is -2.03. The third-order valence-electron chi connectivity index (χ3n) is 3.20. The summed E-state index contributed by atoms with van der Waals surface area (Å²) < 4.78 is 6.39. The first-order chi connectivity index (χ1) is 10.0. The second kappa shape index (κ2) is 6.21. The van der Waals surface area contributed by atoms with Crippen molar-refractivity contribution >= 4 is 22.9 Å². The number of carbonyl (C=O) groups is 2. The van der Waals surface area contributed by atoms with Crippen molar-refractivity contribution < 1.29 is 14.3 Å². The monoisotopic (exact) mass is 287 g/mol. The molecule has 1 aromatic heterocycles. The first kappa shape index (κ1) is 14.8. The molecule has 1 aromatic carbocycles. The molecule has 0 saturated heterocycles. The number of hydrogen-bond acceptors (Lipinski definition) is 4. The van der Waals surface area contributed by atoms with Gasteiger partial charge in [-0.05, 0) is 25.1 Å². The molecule has 0 atom stereocenters. The third-order valence-corrected chi connectivity index (χ3v) is 3.20. The van der Waals surface area contributed by atoms with Crippen LogP contribution in [0.4, 0.5) is 0 Å². The zero-order valence-electron chi connectivity index (χ0n) is 12.2. The molecule has 0 aliphatic carbocycles. The average Bonchev–Trinajstić information content (AvgIpc) is 2.77. The van der Waals surface area contributed by atoms with Crippen molar-refractivity contribution in [3.05, 3.63) is 41.7 Å². The van der Waals surface area contributed by atoms with E-state index in [9.17, 15) is 9.59 Å². The number of nitrogens with one attached hydrogen (secondary N) is 1. The maximum absolute atomic E-state index is 12.0. The van der Waals surface area contributed by atoms with Crippen LogP contribution in [0.1, 0.15) is 16.2 Å². The normalized spacial score (nSPS) is 11.0. The van der Waals surface area contributed by atoms with E-state index in [4.69, 9.17) is 0 Å². The Balaban J connectivity index is 2.07. The molecule has 6 heteroatoms. The van der Waals surface area contributed by atoms with E-state index in [1.807, 2.05) is 24.6 Å². The molecule has 1 amide bonds. The molecule has 6 nitrogen and oxygen atoms in total. The second-order valence-electron chi connectivity index (χ2n) is 4.56. The van der Waals surface area contributed by atoms with Crippen LogP contribution in [0.25, 0.3) is 11.0 Å². The van der Waals surface area contributed by atoms with Gasteiger partial charge in [0.1, 0.15) is 5.82 Å². The van der Waals surface area contributed by atoms with E-state index in [1.165, 1.54) is 19.3 Å². The quantitative estimate of drug-likeness (QED) is 0.680. The number of imidazole rings is 1. The molecule has 0 spiro atoms. The van der Waals surface area contributed by atoms with E-state index in [2.05, 4.69) is 15.0 Å². The van der Waals surface area contributed by atoms with Crippen molar-refractivity contribution in [2.24, 2.45) is 7.05 Å². The fourth-order valence-corrected chi connectivity index (χ4v) is 1.93. The molecule has 0 saturated carbocycles. The van der Waals surface area contributed by atoms with Gasteiger partial charge in [0.15, 0.2) is 0 Å². The lowest BCUT2D eigenvalue weighted by Crippen LogP contribution is -2.23. The highest BCUT2D eigenvalue weighted by molar-refractivity contribution is 5.97. The fourth-order valence-electron chi connectivity index (χ4n) is 1.93. The average molecular weight is 287 g/mol. The van der Waals surface area contributed by atoms with Crippen LogP contribution in [0, 0.1) is 6.92 Å². The maximum Gasteiger partial charge on any atom is 0.330 e. The molecule has 1 N–H and O–H groups in total. The van der Waals surface area contributed by atoms with Crippen LogP contribution in [0.3, 0.4) is 0 Å². The van der Waals surface area contributed by atoms with Gasteiger partial charge in [0.25, 0.3) is 5.91 Å². The minimum Gasteiger partial charge on any atom is -0.466 e. The van der Waals surface area contributed by atoms with Gasteiger partial charge >= 0.3 is 5.97 Å². The van der Waals surface area contributed by atoms with Gasteiger partial charge in [0.2, 0.25) is 0 Å². The number of esters is 1. The molecule has 0 radical (unpaired) electrons. The molecule has 0 bridgehead atoms. The number of aryl methyl sites for hydroxylation is 2. The van der Waals surface area contributed by atoms with Crippen molar-refractivity contribution in [3.8, 4) is 0 Å². The maximum atomic E-state index is 12.0. The van der Waals surface area contributed by atoms with E-state index in [1.54, 1.807) is 12.1 Å². The van der Waals surface area contributed by atoms with E-state index < -0.39 is 5.97 Å². The minimum atomic E-state index is -0.448. The number of carbonyl (C=O) groups excluding carboxylic acids is 2. The molecule has 0 fully saturated rings. The first-order valence-corrected chi connectivity index (χ1v) is 6.48. The minimum absolute atomic E-state index is 0.203. The van der Waals surface area contributed by atoms with Crippen LogP contribution in [0.2, 0.25) is 0 Å². The van der Waals surface area contributed by atoms with Gasteiger partial charge < -0.3 is 14.6 Å². The molecule has 21 heavy (non-hydrogen) atoms. The van der Waals surface area contributed by atoms with Gasteiger partial charge in [-0.2, -0.15) is 0 Å². The molecule has 0 unspecified atom stereocenters. The van der Waals surface area contributed by atoms with Gasteiger partial charge in [-0.3, -0.25) is 4.79 Å². The number of methoxy groups -OCH3 is 1. The van der Waals surface area contributed by atoms with Crippen molar-refractivity contribution in [3.63, 3.8) is 0 Å². The van der Waals surface area contributed by atoms with Crippen LogP contribution >= 0.6 is 0 Å². The number of hydrogen-bond donors (Lipinski definition) is 1. The Morgan fingerprint density at radius 1 is 1.43 bits per heavy atom. The van der Waals surface area contributed by atoms with E-state index in [0.29, 0.717) is 5.56 Å². The highest BCUT2D eigenvalue weighted by Gasteiger charge is 2.09. The number of rotatable bonds is 4. The van der Waals surface area contributed by atoms with Crippen molar-refractivity contribution in [1.82, 2.24) is 14.9 Å². The number of ether oxygens (including phenoxy) is 1. The van der Waals surface area contributed by atoms with E-state index in [0.717, 1.165) is 16.9 Å². The molecule has 1 heterocycles. The molecule has 2 rings (SSSR count). The molecule has 0 aliphatic rings. The smallest absolute Gasteiger partial charge is 0.330 e. The Morgan fingerprint density at radius 3 is 2.90 bits per heavy atom. The van der Waals surface area contributed by atoms with Crippen LogP contribution in [-0.4, -0.2) is 35.1 Å². The third kappa shape index (κ3) is 3.28. The Kier molecular flexibility index (Phi) is 4.37. The van der Waals surface area contributed by atoms with Gasteiger partial charge in [-0.25, -0.2) is 9.78 Å². The molecule has 2 aromatic rings. The Hall–Kier alpha value is -2.63. The lowest BCUT2D eigenvalue weighted by molar-refractivity contribution is -0.134. The number of benzene rings is 1. The van der Waals surface area contributed by atoms with Gasteiger partial charge in [-0.1, -0.05) is 6.08 Å². The first-order valence-electron chi connectivity index (χ1n) is 6.48. The zero-order valence-corrected chi connectivity index (χ0v) is 12.2. The number of fused-ring (bicyclic) bond motifs is 1. The molecular formula is C15H17N3O3. The summed E-state index contributed by atoms with van der Waals surface area (Å²) in [6.07, 6.45) is 2.81. The summed E-state index contributed by atoms with van der Waals surface area (Å²) in [5.41, 5.74) is 2.32. The van der Waals surface area contributed by atoms with Crippen molar-refractivity contribution in [2.75, 3.05) is 13.7 Å². The molecular weight excluding hydrogens is 270 g/mol. The lowest BCUT2D eigenvalue weighted by atomic mass is 10.2. The summed E-state index contributed by atoms with van der Waals surface area (Å²) >= 11 is 0. The summed E-state index contributed by atoms with van der Waals surface area (Å²) in [5, 5.41) is 2.71. The number of amides is 1. The Labute approximate surface area is 122 Å². The van der Waals surface area contributed by atoms with E-state index in [-0.39, 0.29) is 12.5 Å². The van der Waals surface area contributed by atoms with Crippen molar-refractivity contribution in [1.29, 1.82) is 0 Å². The fraction of sp³-hybridized carbons (Fsp3) is 0.267. The topological polar surface area (TPSA) is 73.2 Å². The largest absolute Gasteiger partial charge is 0.466 e. The molecule has 0 aliphatic heterocycles. The standard InChI is InChI=1S/C15H17N3O3/c1-10-17-12-7-6-11(9-13(12)18(10)2)15(20)16-8-4-5-14(19)21-3/h4-7,9H,8H2,1-3H3,(H,16,20)/b5-4+. The van der Waals surface area contributed by atoms with Gasteiger partial charge in [0, 0.05) is 25.2 Å². The zero-order chi connectivity index (χ0) is 15.4. The SMILES string of the molecule is COC(=O)/C=C/CNC(=O)c1ccc2nc(C)n(C)c2c1. The predicted octanol–water partition coefficient (Wildman–Crippen LogP) is 1.34. The van der Waals surface area contributed by atoms with Gasteiger partial charge in [0.05, 0.1) is 18.1 Å². The highest BCUT2D eigenvalue weighted by Crippen LogP contribution is 2.16. The summed E-state index contributed by atoms with van der Waals surface area (Å²) in [5.74, 6) is 0.241. The Morgan fingerprint density at radius 2 is 2.19 bits per heavy atom. The van der Waals surface area contributed by atoms with Crippen LogP contribution in [-0.2, 0) is 16.6 Å². The van der Waals surface area contributed by atoms with Crippen LogP contribution < -0.4 is 5.32 Å². The van der Waals surface area contributed by atoms with Crippen LogP contribution in [0.5, 0.6) is 0 Å².